The summed E-state index contributed by atoms with van der Waals surface area (Å²) in [6.45, 7) is 0. The summed E-state index contributed by atoms with van der Waals surface area (Å²) in [5.41, 5.74) is 7.55. The van der Waals surface area contributed by atoms with Crippen LogP contribution in [0.5, 0.6) is 0 Å². The summed E-state index contributed by atoms with van der Waals surface area (Å²) in [4.78, 5) is 7.33. The fourth-order valence-electron chi connectivity index (χ4n) is 4.44. The number of hydrogen-bond donors (Lipinski definition) is 0. The van der Waals surface area contributed by atoms with Crippen LogP contribution in [-0.4, -0.2) is 9.55 Å². The maximum absolute atomic E-state index is 5.05. The highest BCUT2D eigenvalue weighted by molar-refractivity contribution is 5.85. The molecule has 0 amide bonds. The van der Waals surface area contributed by atoms with Crippen LogP contribution in [0.15, 0.2) is 140 Å². The molecule has 0 atom stereocenters. The fraction of sp³-hybridized carbons (Fsp3) is 0. The molecule has 0 unspecified atom stereocenters. The van der Waals surface area contributed by atoms with Gasteiger partial charge in [0.15, 0.2) is 0 Å². The third kappa shape index (κ3) is 3.63. The van der Waals surface area contributed by atoms with Crippen molar-refractivity contribution in [2.24, 2.45) is 0 Å². The molecular weight excluding hydrogens is 414 g/mol. The van der Waals surface area contributed by atoms with E-state index >= 15 is 0 Å². The largest absolute Gasteiger partial charge is 0.310 e. The van der Waals surface area contributed by atoms with Gasteiger partial charge in [0.25, 0.3) is 0 Å². The van der Waals surface area contributed by atoms with E-state index in [-0.39, 0.29) is 0 Å². The van der Waals surface area contributed by atoms with Crippen LogP contribution in [0.3, 0.4) is 0 Å². The number of para-hydroxylation sites is 5. The number of hydrogen-bond acceptors (Lipinski definition) is 2. The molecule has 0 saturated carbocycles. The Hall–Kier alpha value is -4.63. The summed E-state index contributed by atoms with van der Waals surface area (Å²) in [6, 6.07) is 48.3. The van der Waals surface area contributed by atoms with Crippen molar-refractivity contribution in [2.45, 2.75) is 0 Å². The highest BCUT2D eigenvalue weighted by Crippen LogP contribution is 2.37. The summed E-state index contributed by atoms with van der Waals surface area (Å²) < 4.78 is 2.24. The van der Waals surface area contributed by atoms with Gasteiger partial charge >= 0.3 is 0 Å². The van der Waals surface area contributed by atoms with E-state index in [0.717, 1.165) is 45.2 Å². The van der Waals surface area contributed by atoms with E-state index in [9.17, 15) is 0 Å². The second kappa shape index (κ2) is 8.72. The van der Waals surface area contributed by atoms with E-state index in [1.165, 1.54) is 0 Å². The zero-order chi connectivity index (χ0) is 22.7. The van der Waals surface area contributed by atoms with Gasteiger partial charge in [-0.2, -0.15) is 0 Å². The molecule has 0 aliphatic carbocycles. The van der Waals surface area contributed by atoms with Crippen molar-refractivity contribution in [3.63, 3.8) is 0 Å². The van der Waals surface area contributed by atoms with Crippen LogP contribution in [0.1, 0.15) is 0 Å². The molecule has 6 aromatic rings. The number of rotatable bonds is 5. The van der Waals surface area contributed by atoms with E-state index in [0.29, 0.717) is 0 Å². The van der Waals surface area contributed by atoms with Gasteiger partial charge in [0, 0.05) is 28.3 Å². The molecule has 0 saturated heterocycles. The van der Waals surface area contributed by atoms with Gasteiger partial charge in [-0.1, -0.05) is 78.9 Å². The first-order valence-electron chi connectivity index (χ1n) is 11.4. The summed E-state index contributed by atoms with van der Waals surface area (Å²) >= 11 is 0. The van der Waals surface area contributed by atoms with E-state index in [2.05, 4.69) is 125 Å². The van der Waals surface area contributed by atoms with Crippen LogP contribution in [0.2, 0.25) is 0 Å². The Labute approximate surface area is 199 Å². The van der Waals surface area contributed by atoms with Crippen molar-refractivity contribution < 1.29 is 0 Å². The Balaban J connectivity index is 1.55. The third-order valence-corrected chi connectivity index (χ3v) is 5.97. The number of nitrogens with zero attached hydrogens (tertiary/aromatic N) is 3. The van der Waals surface area contributed by atoms with Crippen molar-refractivity contribution in [3.05, 3.63) is 140 Å². The van der Waals surface area contributed by atoms with Crippen LogP contribution in [0.4, 0.5) is 17.1 Å². The van der Waals surface area contributed by atoms with Gasteiger partial charge in [0.05, 0.1) is 11.0 Å². The van der Waals surface area contributed by atoms with Gasteiger partial charge in [-0.05, 0) is 60.7 Å². The fourth-order valence-corrected chi connectivity index (χ4v) is 4.44. The van der Waals surface area contributed by atoms with Crippen LogP contribution in [0.25, 0.3) is 28.1 Å². The molecule has 162 valence electrons. The lowest BCUT2D eigenvalue weighted by molar-refractivity contribution is 1.10. The lowest BCUT2D eigenvalue weighted by Gasteiger charge is -2.25. The molecule has 3 heteroatoms. The van der Waals surface area contributed by atoms with E-state index < -0.39 is 0 Å². The highest BCUT2D eigenvalue weighted by atomic mass is 15.1. The van der Waals surface area contributed by atoms with Gasteiger partial charge in [-0.25, -0.2) is 4.98 Å². The second-order valence-corrected chi connectivity index (χ2v) is 8.15. The Morgan fingerprint density at radius 2 is 1.06 bits per heavy atom. The average Bonchev–Trinajstić information content (AvgIpc) is 3.31. The zero-order valence-corrected chi connectivity index (χ0v) is 18.6. The minimum atomic E-state index is 0.926. The Bertz CT molecular complexity index is 1500. The first kappa shape index (κ1) is 20.0. The molecule has 1 aromatic heterocycles. The molecule has 0 bridgehead atoms. The van der Waals surface area contributed by atoms with Gasteiger partial charge in [-0.15, -0.1) is 0 Å². The minimum Gasteiger partial charge on any atom is -0.310 e. The number of aromatic nitrogens is 2. The normalized spacial score (nSPS) is 10.9. The lowest BCUT2D eigenvalue weighted by atomic mass is 10.1. The van der Waals surface area contributed by atoms with E-state index in [4.69, 9.17) is 4.98 Å². The monoisotopic (exact) mass is 437 g/mol. The topological polar surface area (TPSA) is 21.1 Å². The highest BCUT2D eigenvalue weighted by Gasteiger charge is 2.17. The number of imidazole rings is 1. The maximum Gasteiger partial charge on any atom is 0.145 e. The maximum atomic E-state index is 5.05. The van der Waals surface area contributed by atoms with Crippen LogP contribution < -0.4 is 4.90 Å². The van der Waals surface area contributed by atoms with Crippen molar-refractivity contribution in [1.29, 1.82) is 0 Å². The van der Waals surface area contributed by atoms with Gasteiger partial charge < -0.3 is 4.90 Å². The predicted molar refractivity (Wildman–Crippen MR) is 141 cm³/mol. The van der Waals surface area contributed by atoms with Gasteiger partial charge in [0.1, 0.15) is 5.82 Å². The molecule has 0 fully saturated rings. The molecule has 0 aliphatic heterocycles. The smallest absolute Gasteiger partial charge is 0.145 e. The third-order valence-electron chi connectivity index (χ3n) is 5.97. The first-order valence-corrected chi connectivity index (χ1v) is 11.4. The Morgan fingerprint density at radius 3 is 1.74 bits per heavy atom. The predicted octanol–water partition coefficient (Wildman–Crippen LogP) is 8.16. The summed E-state index contributed by atoms with van der Waals surface area (Å²) in [5, 5.41) is 0. The summed E-state index contributed by atoms with van der Waals surface area (Å²) in [6.07, 6.45) is 0. The standard InChI is InChI=1S/C31H23N3/c1-4-14-25(15-5-1)33(26-16-6-2-7-17-26)28-20-12-13-24(23-28)31-32-29-21-10-11-22-30(29)34(31)27-18-8-3-9-19-27/h1-23H. The molecule has 34 heavy (non-hydrogen) atoms. The van der Waals surface area contributed by atoms with Crippen LogP contribution in [0, 0.1) is 0 Å². The quantitative estimate of drug-likeness (QED) is 0.271. The molecule has 0 radical (unpaired) electrons. The minimum absolute atomic E-state index is 0.926. The second-order valence-electron chi connectivity index (χ2n) is 8.15. The zero-order valence-electron chi connectivity index (χ0n) is 18.6. The molecular formula is C31H23N3. The Morgan fingerprint density at radius 1 is 0.500 bits per heavy atom. The molecule has 6 rings (SSSR count). The van der Waals surface area contributed by atoms with Crippen LogP contribution in [-0.2, 0) is 0 Å². The number of fused-ring (bicyclic) bond motifs is 1. The number of anilines is 3. The molecule has 1 heterocycles. The average molecular weight is 438 g/mol. The lowest BCUT2D eigenvalue weighted by Crippen LogP contribution is -2.09. The SMILES string of the molecule is c1ccc(N(c2ccccc2)c2cccc(-c3nc4ccccc4n3-c3ccccc3)c2)cc1. The van der Waals surface area contributed by atoms with Crippen molar-refractivity contribution in [2.75, 3.05) is 4.90 Å². The van der Waals surface area contributed by atoms with Gasteiger partial charge in [-0.3, -0.25) is 4.57 Å². The molecule has 0 aliphatic rings. The molecule has 0 N–H and O–H groups in total. The van der Waals surface area contributed by atoms with Crippen LogP contribution >= 0.6 is 0 Å². The number of benzene rings is 5. The Kier molecular flexibility index (Phi) is 5.13. The summed E-state index contributed by atoms with van der Waals surface area (Å²) in [5.74, 6) is 0.926. The van der Waals surface area contributed by atoms with Crippen molar-refractivity contribution >= 4 is 28.1 Å². The van der Waals surface area contributed by atoms with Crippen molar-refractivity contribution in [1.82, 2.24) is 9.55 Å². The van der Waals surface area contributed by atoms with Crippen molar-refractivity contribution in [3.8, 4) is 17.1 Å². The summed E-state index contributed by atoms with van der Waals surface area (Å²) in [7, 11) is 0. The van der Waals surface area contributed by atoms with E-state index in [1.807, 2.05) is 24.3 Å². The molecule has 5 aromatic carbocycles. The van der Waals surface area contributed by atoms with E-state index in [1.54, 1.807) is 0 Å². The molecule has 3 nitrogen and oxygen atoms in total. The first-order chi connectivity index (χ1) is 16.9. The molecule has 0 spiro atoms. The van der Waals surface area contributed by atoms with Gasteiger partial charge in [0.2, 0.25) is 0 Å².